The summed E-state index contributed by atoms with van der Waals surface area (Å²) in [6.45, 7) is 7.62. The number of rotatable bonds is 7. The van der Waals surface area contributed by atoms with Crippen LogP contribution in [0.15, 0.2) is 30.6 Å². The van der Waals surface area contributed by atoms with Crippen LogP contribution in [0.4, 0.5) is 13.2 Å². The molecule has 0 N–H and O–H groups in total. The molecule has 0 atom stereocenters. The van der Waals surface area contributed by atoms with Gasteiger partial charge in [-0.05, 0) is 24.2 Å². The maximum Gasteiger partial charge on any atom is 0.573 e. The number of alkyl halides is 3. The van der Waals surface area contributed by atoms with Crippen molar-refractivity contribution in [2.45, 2.75) is 38.8 Å². The van der Waals surface area contributed by atoms with Crippen LogP contribution in [-0.4, -0.2) is 30.8 Å². The molecule has 0 radical (unpaired) electrons. The van der Waals surface area contributed by atoms with E-state index in [2.05, 4.69) is 29.5 Å². The van der Waals surface area contributed by atoms with Gasteiger partial charge in [0.1, 0.15) is 12.5 Å². The van der Waals surface area contributed by atoms with Gasteiger partial charge < -0.3 is 9.47 Å². The van der Waals surface area contributed by atoms with Gasteiger partial charge in [0.05, 0.1) is 17.8 Å². The number of nitriles is 1. The van der Waals surface area contributed by atoms with Crippen molar-refractivity contribution < 1.29 is 22.6 Å². The second-order valence-corrected chi connectivity index (χ2v) is 12.6. The topological polar surface area (TPSA) is 60.1 Å². The van der Waals surface area contributed by atoms with Gasteiger partial charge in [-0.2, -0.15) is 10.4 Å². The van der Waals surface area contributed by atoms with Crippen LogP contribution in [-0.2, 0) is 11.5 Å². The number of halogens is 3. The quantitative estimate of drug-likeness (QED) is 0.516. The minimum Gasteiger partial charge on any atom is -0.406 e. The fraction of sp³-hybridized carbons (Fsp3) is 0.412. The highest BCUT2D eigenvalue weighted by Crippen LogP contribution is 2.30. The number of aromatic nitrogens is 2. The summed E-state index contributed by atoms with van der Waals surface area (Å²) in [5.41, 5.74) is 1.07. The Hall–Kier alpha value is -2.31. The summed E-state index contributed by atoms with van der Waals surface area (Å²) < 4.78 is 48.3. The smallest absolute Gasteiger partial charge is 0.406 e. The molecule has 26 heavy (non-hydrogen) atoms. The van der Waals surface area contributed by atoms with E-state index in [4.69, 9.17) is 4.74 Å². The number of nitrogens with zero attached hydrogens (tertiary/aromatic N) is 3. The third kappa shape index (κ3) is 6.20. The van der Waals surface area contributed by atoms with E-state index < -0.39 is 14.4 Å². The molecule has 0 saturated carbocycles. The van der Waals surface area contributed by atoms with Gasteiger partial charge in [-0.25, -0.2) is 4.68 Å². The maximum absolute atomic E-state index is 12.4. The molecule has 2 rings (SSSR count). The first-order valence-corrected chi connectivity index (χ1v) is 11.7. The molecular weight excluding hydrogens is 363 g/mol. The molecular formula is C17H20F3N3O2Si. The van der Waals surface area contributed by atoms with E-state index in [1.54, 1.807) is 6.20 Å². The first-order valence-electron chi connectivity index (χ1n) is 7.98. The van der Waals surface area contributed by atoms with Crippen molar-refractivity contribution in [3.63, 3.8) is 0 Å². The van der Waals surface area contributed by atoms with E-state index in [0.717, 1.165) is 12.1 Å². The van der Waals surface area contributed by atoms with Gasteiger partial charge in [0.15, 0.2) is 0 Å². The number of benzene rings is 1. The number of ether oxygens (including phenoxy) is 2. The highest BCUT2D eigenvalue weighted by molar-refractivity contribution is 6.76. The van der Waals surface area contributed by atoms with Crippen LogP contribution in [0.3, 0.4) is 0 Å². The Balaban J connectivity index is 2.12. The third-order valence-electron chi connectivity index (χ3n) is 3.51. The Morgan fingerprint density at radius 3 is 2.62 bits per heavy atom. The van der Waals surface area contributed by atoms with Crippen LogP contribution in [0, 0.1) is 11.3 Å². The Morgan fingerprint density at radius 2 is 2.00 bits per heavy atom. The van der Waals surface area contributed by atoms with Gasteiger partial charge in [0.2, 0.25) is 0 Å². The summed E-state index contributed by atoms with van der Waals surface area (Å²) in [4.78, 5) is 0. The Kier molecular flexibility index (Phi) is 6.10. The second kappa shape index (κ2) is 7.93. The Bertz CT molecular complexity index is 792. The molecule has 1 aromatic carbocycles. The normalized spacial score (nSPS) is 12.0. The molecule has 0 amide bonds. The third-order valence-corrected chi connectivity index (χ3v) is 5.21. The molecule has 0 bridgehead atoms. The molecule has 5 nitrogen and oxygen atoms in total. The van der Waals surface area contributed by atoms with Crippen molar-refractivity contribution in [1.82, 2.24) is 9.78 Å². The zero-order valence-electron chi connectivity index (χ0n) is 14.8. The molecule has 2 aromatic rings. The van der Waals surface area contributed by atoms with Gasteiger partial charge in [-0.15, -0.1) is 13.2 Å². The Labute approximate surface area is 151 Å². The van der Waals surface area contributed by atoms with Crippen molar-refractivity contribution in [3.8, 4) is 22.9 Å². The lowest BCUT2D eigenvalue weighted by molar-refractivity contribution is -0.274. The maximum atomic E-state index is 12.4. The van der Waals surface area contributed by atoms with Gasteiger partial charge in [0.25, 0.3) is 0 Å². The Morgan fingerprint density at radius 1 is 1.27 bits per heavy atom. The van der Waals surface area contributed by atoms with Crippen LogP contribution in [0.5, 0.6) is 5.75 Å². The van der Waals surface area contributed by atoms with Crippen molar-refractivity contribution in [1.29, 1.82) is 5.26 Å². The van der Waals surface area contributed by atoms with Gasteiger partial charge in [-0.1, -0.05) is 19.6 Å². The lowest BCUT2D eigenvalue weighted by Crippen LogP contribution is -2.22. The number of hydrogen-bond donors (Lipinski definition) is 0. The lowest BCUT2D eigenvalue weighted by atomic mass is 10.0. The van der Waals surface area contributed by atoms with E-state index in [1.807, 2.05) is 6.07 Å². The monoisotopic (exact) mass is 383 g/mol. The van der Waals surface area contributed by atoms with Crippen LogP contribution in [0.2, 0.25) is 25.7 Å². The fourth-order valence-corrected chi connectivity index (χ4v) is 2.92. The zero-order chi connectivity index (χ0) is 19.4. The van der Waals surface area contributed by atoms with Gasteiger partial charge in [0, 0.05) is 32.0 Å². The minimum atomic E-state index is -4.79. The summed E-state index contributed by atoms with van der Waals surface area (Å²) in [5, 5.41) is 13.3. The summed E-state index contributed by atoms with van der Waals surface area (Å²) in [7, 11) is -1.18. The lowest BCUT2D eigenvalue weighted by Gasteiger charge is -2.15. The van der Waals surface area contributed by atoms with Crippen LogP contribution < -0.4 is 4.74 Å². The van der Waals surface area contributed by atoms with E-state index >= 15 is 0 Å². The largest absolute Gasteiger partial charge is 0.573 e. The van der Waals surface area contributed by atoms with Crippen molar-refractivity contribution in [2.75, 3.05) is 6.61 Å². The molecule has 0 fully saturated rings. The SMILES string of the molecule is C[Si](C)(C)CCOCn1cc(-c2cc(OC(F)(F)F)ccc2C#N)cn1. The average molecular weight is 383 g/mol. The molecule has 1 heterocycles. The summed E-state index contributed by atoms with van der Waals surface area (Å²) >= 11 is 0. The van der Waals surface area contributed by atoms with E-state index in [1.165, 1.54) is 23.0 Å². The first-order chi connectivity index (χ1) is 12.1. The standard InChI is InChI=1S/C17H20F3N3O2Si/c1-26(2,3)7-6-24-12-23-11-14(10-22-23)16-8-15(25-17(18,19)20)5-4-13(16)9-21/h4-5,8,10-11H,6-7,12H2,1-3H3. The van der Waals surface area contributed by atoms with Crippen LogP contribution >= 0.6 is 0 Å². The van der Waals surface area contributed by atoms with Crippen LogP contribution in [0.1, 0.15) is 5.56 Å². The summed E-state index contributed by atoms with van der Waals surface area (Å²) in [6, 6.07) is 6.57. The molecule has 0 aliphatic rings. The molecule has 0 aliphatic carbocycles. The fourth-order valence-electron chi connectivity index (χ4n) is 2.17. The number of hydrogen-bond acceptors (Lipinski definition) is 4. The molecule has 140 valence electrons. The summed E-state index contributed by atoms with van der Waals surface area (Å²) in [5.74, 6) is -0.384. The van der Waals surface area contributed by atoms with Gasteiger partial charge in [-0.3, -0.25) is 0 Å². The zero-order valence-corrected chi connectivity index (χ0v) is 15.8. The van der Waals surface area contributed by atoms with Crippen LogP contribution in [0.25, 0.3) is 11.1 Å². The molecule has 0 aliphatic heterocycles. The molecule has 9 heteroatoms. The van der Waals surface area contributed by atoms with Crippen molar-refractivity contribution in [3.05, 3.63) is 36.2 Å². The summed E-state index contributed by atoms with van der Waals surface area (Å²) in [6.07, 6.45) is -1.68. The second-order valence-electron chi connectivity index (χ2n) is 6.98. The van der Waals surface area contributed by atoms with Crippen molar-refractivity contribution in [2.24, 2.45) is 0 Å². The molecule has 0 unspecified atom stereocenters. The highest BCUT2D eigenvalue weighted by atomic mass is 28.3. The van der Waals surface area contributed by atoms with Gasteiger partial charge >= 0.3 is 6.36 Å². The predicted octanol–water partition coefficient (Wildman–Crippen LogP) is 4.63. The minimum absolute atomic E-state index is 0.235. The van der Waals surface area contributed by atoms with E-state index in [0.29, 0.717) is 17.7 Å². The average Bonchev–Trinajstić information content (AvgIpc) is 2.98. The van der Waals surface area contributed by atoms with Crippen molar-refractivity contribution >= 4 is 8.07 Å². The predicted molar refractivity (Wildman–Crippen MR) is 93.2 cm³/mol. The molecule has 0 spiro atoms. The molecule has 1 aromatic heterocycles. The highest BCUT2D eigenvalue weighted by Gasteiger charge is 2.31. The molecule has 0 saturated heterocycles. The van der Waals surface area contributed by atoms with E-state index in [9.17, 15) is 18.4 Å². The van der Waals surface area contributed by atoms with E-state index in [-0.39, 0.29) is 18.0 Å². The first kappa shape index (κ1) is 20.0.